The normalized spacial score (nSPS) is 17.0. The number of rotatable bonds is 3. The van der Waals surface area contributed by atoms with Gasteiger partial charge in [-0.3, -0.25) is 4.79 Å². The predicted octanol–water partition coefficient (Wildman–Crippen LogP) is 5.00. The van der Waals surface area contributed by atoms with Crippen LogP contribution in [0.1, 0.15) is 46.8 Å². The van der Waals surface area contributed by atoms with Gasteiger partial charge in [-0.25, -0.2) is 9.97 Å². The maximum atomic E-state index is 12.6. The molecule has 128 valence electrons. The largest absolute Gasteiger partial charge is 0.425 e. The summed E-state index contributed by atoms with van der Waals surface area (Å²) < 4.78 is 37.8. The lowest BCUT2D eigenvalue weighted by molar-refractivity contribution is -0.134. The van der Waals surface area contributed by atoms with Gasteiger partial charge in [0, 0.05) is 18.4 Å². The third kappa shape index (κ3) is 3.80. The van der Waals surface area contributed by atoms with E-state index in [2.05, 4.69) is 9.97 Å². The summed E-state index contributed by atoms with van der Waals surface area (Å²) in [4.78, 5) is 20.1. The molecule has 3 rings (SSSR count). The summed E-state index contributed by atoms with van der Waals surface area (Å²) in [5, 5.41) is 1.99. The minimum atomic E-state index is -4.30. The number of thioether (sulfide) groups is 1. The van der Waals surface area contributed by atoms with Crippen molar-refractivity contribution in [3.8, 4) is 0 Å². The Morgan fingerprint density at radius 3 is 2.75 bits per heavy atom. The zero-order valence-electron chi connectivity index (χ0n) is 13.1. The molecule has 0 N–H and O–H groups in total. The third-order valence-corrected chi connectivity index (χ3v) is 5.69. The highest BCUT2D eigenvalue weighted by atomic mass is 32.2. The summed E-state index contributed by atoms with van der Waals surface area (Å²) in [7, 11) is 0. The second kappa shape index (κ2) is 6.15. The lowest BCUT2D eigenvalue weighted by Gasteiger charge is -2.29. The number of carbonyl (C=O) groups is 1. The maximum absolute atomic E-state index is 12.6. The SMILES string of the molecule is CC1(C)CC(=O)c2cnc(SCc3csc(C(F)(F)F)c3)nc2C1. The Bertz CT molecular complexity index is 784. The van der Waals surface area contributed by atoms with E-state index in [1.54, 1.807) is 0 Å². The van der Waals surface area contributed by atoms with Crippen molar-refractivity contribution in [1.82, 2.24) is 9.97 Å². The number of alkyl halides is 3. The first kappa shape index (κ1) is 17.4. The van der Waals surface area contributed by atoms with Gasteiger partial charge in [0.15, 0.2) is 10.9 Å². The molecule has 2 aromatic heterocycles. The molecule has 3 nitrogen and oxygen atoms in total. The first-order valence-electron chi connectivity index (χ1n) is 7.31. The van der Waals surface area contributed by atoms with E-state index in [0.29, 0.717) is 46.2 Å². The Labute approximate surface area is 145 Å². The van der Waals surface area contributed by atoms with Gasteiger partial charge in [-0.2, -0.15) is 13.2 Å². The van der Waals surface area contributed by atoms with E-state index in [1.165, 1.54) is 23.3 Å². The molecule has 0 aliphatic heterocycles. The number of hydrogen-bond acceptors (Lipinski definition) is 5. The molecule has 0 bridgehead atoms. The van der Waals surface area contributed by atoms with E-state index in [1.807, 2.05) is 13.8 Å². The highest BCUT2D eigenvalue weighted by Gasteiger charge is 2.33. The summed E-state index contributed by atoms with van der Waals surface area (Å²) in [6, 6.07) is 1.16. The molecule has 0 spiro atoms. The lowest BCUT2D eigenvalue weighted by atomic mass is 9.76. The number of carbonyl (C=O) groups excluding carboxylic acids is 1. The molecule has 2 heterocycles. The molecule has 2 aromatic rings. The van der Waals surface area contributed by atoms with Crippen LogP contribution in [0.4, 0.5) is 13.2 Å². The van der Waals surface area contributed by atoms with Crippen LogP contribution >= 0.6 is 23.1 Å². The van der Waals surface area contributed by atoms with Gasteiger partial charge >= 0.3 is 6.18 Å². The quantitative estimate of drug-likeness (QED) is 0.561. The highest BCUT2D eigenvalue weighted by molar-refractivity contribution is 7.98. The van der Waals surface area contributed by atoms with Crippen LogP contribution in [0.5, 0.6) is 0 Å². The number of thiophene rings is 1. The summed E-state index contributed by atoms with van der Waals surface area (Å²) >= 11 is 1.97. The Morgan fingerprint density at radius 1 is 1.33 bits per heavy atom. The van der Waals surface area contributed by atoms with Crippen LogP contribution in [0.25, 0.3) is 0 Å². The number of halogens is 3. The fraction of sp³-hybridized carbons (Fsp3) is 0.438. The molecule has 0 unspecified atom stereocenters. The summed E-state index contributed by atoms with van der Waals surface area (Å²) in [6.45, 7) is 4.04. The smallest absolute Gasteiger partial charge is 0.294 e. The number of fused-ring (bicyclic) bond motifs is 1. The summed E-state index contributed by atoms with van der Waals surface area (Å²) in [6.07, 6.45) is -1.59. The van der Waals surface area contributed by atoms with Crippen LogP contribution < -0.4 is 0 Å². The van der Waals surface area contributed by atoms with Crippen molar-refractivity contribution in [2.45, 2.75) is 43.8 Å². The number of aromatic nitrogens is 2. The standard InChI is InChI=1S/C16H15F3N2OS2/c1-15(2)4-11-10(12(22)5-15)6-20-14(21-11)24-8-9-3-13(23-7-9)16(17,18)19/h3,6-7H,4-5,8H2,1-2H3. The number of ketones is 1. The van der Waals surface area contributed by atoms with Crippen LogP contribution in [-0.2, 0) is 18.3 Å². The van der Waals surface area contributed by atoms with E-state index in [-0.39, 0.29) is 11.2 Å². The molecule has 1 aliphatic rings. The molecule has 0 radical (unpaired) electrons. The predicted molar refractivity (Wildman–Crippen MR) is 87.3 cm³/mol. The fourth-order valence-corrected chi connectivity index (χ4v) is 4.28. The number of hydrogen-bond donors (Lipinski definition) is 0. The second-order valence-electron chi connectivity index (χ2n) is 6.56. The van der Waals surface area contributed by atoms with E-state index in [9.17, 15) is 18.0 Å². The minimum absolute atomic E-state index is 0.0467. The Kier molecular flexibility index (Phi) is 4.46. The van der Waals surface area contributed by atoms with Crippen molar-refractivity contribution in [1.29, 1.82) is 0 Å². The maximum Gasteiger partial charge on any atom is 0.425 e. The van der Waals surface area contributed by atoms with Gasteiger partial charge in [-0.05, 0) is 28.8 Å². The van der Waals surface area contributed by atoms with Crippen molar-refractivity contribution in [2.24, 2.45) is 5.41 Å². The van der Waals surface area contributed by atoms with Gasteiger partial charge in [0.05, 0.1) is 11.3 Å². The molecule has 0 saturated heterocycles. The van der Waals surface area contributed by atoms with E-state index in [0.717, 1.165) is 11.8 Å². The van der Waals surface area contributed by atoms with E-state index >= 15 is 0 Å². The second-order valence-corrected chi connectivity index (χ2v) is 8.41. The Hall–Kier alpha value is -1.41. The van der Waals surface area contributed by atoms with Crippen molar-refractivity contribution < 1.29 is 18.0 Å². The highest BCUT2D eigenvalue weighted by Crippen LogP contribution is 2.36. The molecule has 0 aromatic carbocycles. The van der Waals surface area contributed by atoms with Crippen LogP contribution in [0.3, 0.4) is 0 Å². The zero-order valence-corrected chi connectivity index (χ0v) is 14.7. The topological polar surface area (TPSA) is 42.9 Å². The van der Waals surface area contributed by atoms with Crippen molar-refractivity contribution in [3.63, 3.8) is 0 Å². The van der Waals surface area contributed by atoms with Crippen molar-refractivity contribution in [3.05, 3.63) is 39.3 Å². The minimum Gasteiger partial charge on any atom is -0.294 e. The van der Waals surface area contributed by atoms with Crippen LogP contribution in [0.15, 0.2) is 22.8 Å². The third-order valence-electron chi connectivity index (χ3n) is 3.73. The van der Waals surface area contributed by atoms with Crippen LogP contribution in [0, 0.1) is 5.41 Å². The molecular weight excluding hydrogens is 357 g/mol. The first-order valence-corrected chi connectivity index (χ1v) is 9.17. The van der Waals surface area contributed by atoms with Gasteiger partial charge in [0.1, 0.15) is 4.88 Å². The molecule has 0 fully saturated rings. The molecule has 24 heavy (non-hydrogen) atoms. The molecule has 0 saturated carbocycles. The first-order chi connectivity index (χ1) is 11.1. The van der Waals surface area contributed by atoms with Crippen molar-refractivity contribution in [2.75, 3.05) is 0 Å². The monoisotopic (exact) mass is 372 g/mol. The Morgan fingerprint density at radius 2 is 2.08 bits per heavy atom. The number of Topliss-reactive ketones (excluding diaryl/α,β-unsaturated/α-hetero) is 1. The Balaban J connectivity index is 1.73. The summed E-state index contributed by atoms with van der Waals surface area (Å²) in [5.74, 6) is 0.411. The molecule has 0 amide bonds. The van der Waals surface area contributed by atoms with Gasteiger partial charge in [-0.1, -0.05) is 25.6 Å². The van der Waals surface area contributed by atoms with Gasteiger partial charge in [0.25, 0.3) is 0 Å². The average molecular weight is 372 g/mol. The molecular formula is C16H15F3N2OS2. The molecule has 1 aliphatic carbocycles. The van der Waals surface area contributed by atoms with E-state index in [4.69, 9.17) is 0 Å². The van der Waals surface area contributed by atoms with Crippen LogP contribution in [0.2, 0.25) is 0 Å². The van der Waals surface area contributed by atoms with Gasteiger partial charge < -0.3 is 0 Å². The lowest BCUT2D eigenvalue weighted by Crippen LogP contribution is -2.28. The average Bonchev–Trinajstić information content (AvgIpc) is 2.92. The molecule has 0 atom stereocenters. The van der Waals surface area contributed by atoms with Crippen LogP contribution in [-0.4, -0.2) is 15.8 Å². The van der Waals surface area contributed by atoms with E-state index < -0.39 is 11.1 Å². The van der Waals surface area contributed by atoms with Gasteiger partial charge in [0.2, 0.25) is 0 Å². The number of nitrogens with zero attached hydrogens (tertiary/aromatic N) is 2. The summed E-state index contributed by atoms with van der Waals surface area (Å²) in [5.41, 5.74) is 1.76. The zero-order chi connectivity index (χ0) is 17.5. The molecule has 8 heteroatoms. The fourth-order valence-electron chi connectivity index (χ4n) is 2.63. The van der Waals surface area contributed by atoms with Crippen molar-refractivity contribution >= 4 is 28.9 Å². The van der Waals surface area contributed by atoms with Gasteiger partial charge in [-0.15, -0.1) is 11.3 Å².